The lowest BCUT2D eigenvalue weighted by atomic mass is 10.4. The average Bonchev–Trinajstić information content (AvgIpc) is 2.28. The van der Waals surface area contributed by atoms with Crippen molar-refractivity contribution in [3.63, 3.8) is 0 Å². The summed E-state index contributed by atoms with van der Waals surface area (Å²) in [6.45, 7) is 4.07. The Hall–Kier alpha value is -1.10. The van der Waals surface area contributed by atoms with E-state index in [4.69, 9.17) is 5.73 Å². The van der Waals surface area contributed by atoms with E-state index in [0.717, 1.165) is 15.7 Å². The Kier molecular flexibility index (Phi) is 2.65. The summed E-state index contributed by atoms with van der Waals surface area (Å²) in [6.07, 6.45) is 0. The fraction of sp³-hybridized carbons (Fsp3) is 0.429. The molecule has 3 N–H and O–H groups in total. The van der Waals surface area contributed by atoms with Crippen LogP contribution < -0.4 is 11.1 Å². The number of nitrogens with zero attached hydrogens (tertiary/aromatic N) is 1. The second-order valence-corrected chi connectivity index (χ2v) is 3.68. The highest BCUT2D eigenvalue weighted by molar-refractivity contribution is 7.15. The average molecular weight is 185 g/mol. The first-order valence-corrected chi connectivity index (χ1v) is 4.37. The number of amides is 1. The number of hydrogen-bond donors (Lipinski definition) is 2. The Bertz CT molecular complexity index is 275. The maximum atomic E-state index is 10.4. The molecule has 0 unspecified atom stereocenters. The third-order valence-corrected chi connectivity index (χ3v) is 2.47. The number of aromatic nitrogens is 1. The van der Waals surface area contributed by atoms with Gasteiger partial charge in [-0.25, -0.2) is 4.98 Å². The molecular formula is C7H11N3OS. The Morgan fingerprint density at radius 1 is 1.67 bits per heavy atom. The summed E-state index contributed by atoms with van der Waals surface area (Å²) >= 11 is 1.53. The number of anilines is 1. The molecule has 0 atom stereocenters. The van der Waals surface area contributed by atoms with Crippen LogP contribution in [0.25, 0.3) is 0 Å². The SMILES string of the molecule is Cc1nc(NCC(N)=O)sc1C. The smallest absolute Gasteiger partial charge is 0.236 e. The molecule has 1 heterocycles. The molecule has 0 saturated carbocycles. The van der Waals surface area contributed by atoms with Crippen LogP contribution in [0.1, 0.15) is 10.6 Å². The molecule has 0 aliphatic rings. The maximum absolute atomic E-state index is 10.4. The van der Waals surface area contributed by atoms with Crippen LogP contribution in [0, 0.1) is 13.8 Å². The summed E-state index contributed by atoms with van der Waals surface area (Å²) in [5.74, 6) is -0.375. The Balaban J connectivity index is 2.58. The van der Waals surface area contributed by atoms with Crippen LogP contribution in [-0.4, -0.2) is 17.4 Å². The molecule has 1 aromatic rings. The molecule has 0 fully saturated rings. The molecule has 1 rings (SSSR count). The Morgan fingerprint density at radius 2 is 2.33 bits per heavy atom. The van der Waals surface area contributed by atoms with Crippen molar-refractivity contribution in [1.82, 2.24) is 4.98 Å². The van der Waals surface area contributed by atoms with Crippen molar-refractivity contribution in [3.05, 3.63) is 10.6 Å². The number of rotatable bonds is 3. The largest absolute Gasteiger partial charge is 0.368 e. The minimum atomic E-state index is -0.375. The van der Waals surface area contributed by atoms with Crippen LogP contribution in [-0.2, 0) is 4.79 Å². The van der Waals surface area contributed by atoms with E-state index in [1.165, 1.54) is 11.3 Å². The molecule has 0 saturated heterocycles. The van der Waals surface area contributed by atoms with Crippen LogP contribution in [0.2, 0.25) is 0 Å². The Morgan fingerprint density at radius 3 is 2.75 bits per heavy atom. The molecule has 0 spiro atoms. The van der Waals surface area contributed by atoms with E-state index < -0.39 is 0 Å². The first kappa shape index (κ1) is 8.99. The fourth-order valence-corrected chi connectivity index (χ4v) is 1.52. The van der Waals surface area contributed by atoms with Gasteiger partial charge in [0, 0.05) is 4.88 Å². The fourth-order valence-electron chi connectivity index (χ4n) is 0.711. The summed E-state index contributed by atoms with van der Waals surface area (Å²) in [5.41, 5.74) is 5.95. The number of thiazole rings is 1. The van der Waals surface area contributed by atoms with Crippen molar-refractivity contribution in [2.24, 2.45) is 5.73 Å². The van der Waals surface area contributed by atoms with Gasteiger partial charge >= 0.3 is 0 Å². The lowest BCUT2D eigenvalue weighted by molar-refractivity contribution is -0.116. The lowest BCUT2D eigenvalue weighted by Crippen LogP contribution is -2.21. The van der Waals surface area contributed by atoms with Gasteiger partial charge in [-0.05, 0) is 13.8 Å². The van der Waals surface area contributed by atoms with Gasteiger partial charge in [0.05, 0.1) is 12.2 Å². The molecule has 0 aliphatic carbocycles. The van der Waals surface area contributed by atoms with E-state index in [0.29, 0.717) is 0 Å². The second kappa shape index (κ2) is 3.53. The monoisotopic (exact) mass is 185 g/mol. The van der Waals surface area contributed by atoms with Crippen molar-refractivity contribution >= 4 is 22.4 Å². The number of aryl methyl sites for hydroxylation is 2. The van der Waals surface area contributed by atoms with Crippen molar-refractivity contribution in [1.29, 1.82) is 0 Å². The van der Waals surface area contributed by atoms with Gasteiger partial charge in [-0.2, -0.15) is 0 Å². The van der Waals surface area contributed by atoms with Crippen molar-refractivity contribution in [2.45, 2.75) is 13.8 Å². The summed E-state index contributed by atoms with van der Waals surface area (Å²) in [7, 11) is 0. The molecule has 0 radical (unpaired) electrons. The van der Waals surface area contributed by atoms with E-state index >= 15 is 0 Å². The quantitative estimate of drug-likeness (QED) is 0.726. The number of carbonyl (C=O) groups is 1. The van der Waals surface area contributed by atoms with E-state index in [1.807, 2.05) is 13.8 Å². The molecule has 0 bridgehead atoms. The first-order chi connectivity index (χ1) is 5.59. The van der Waals surface area contributed by atoms with Crippen molar-refractivity contribution < 1.29 is 4.79 Å². The predicted molar refractivity (Wildman–Crippen MR) is 49.3 cm³/mol. The van der Waals surface area contributed by atoms with Crippen LogP contribution in [0.5, 0.6) is 0 Å². The van der Waals surface area contributed by atoms with Crippen LogP contribution in [0.15, 0.2) is 0 Å². The molecule has 1 aromatic heterocycles. The van der Waals surface area contributed by atoms with Crippen LogP contribution >= 0.6 is 11.3 Å². The van der Waals surface area contributed by atoms with Gasteiger partial charge in [-0.15, -0.1) is 11.3 Å². The number of hydrogen-bond acceptors (Lipinski definition) is 4. The number of carbonyl (C=O) groups excluding carboxylic acids is 1. The summed E-state index contributed by atoms with van der Waals surface area (Å²) < 4.78 is 0. The third kappa shape index (κ3) is 2.20. The predicted octanol–water partition coefficient (Wildman–Crippen LogP) is 0.657. The third-order valence-electron chi connectivity index (χ3n) is 1.44. The molecular weight excluding hydrogens is 174 g/mol. The number of nitrogens with two attached hydrogens (primary N) is 1. The summed E-state index contributed by atoms with van der Waals surface area (Å²) in [4.78, 5) is 15.7. The highest BCUT2D eigenvalue weighted by Gasteiger charge is 2.02. The van der Waals surface area contributed by atoms with Gasteiger partial charge in [-0.1, -0.05) is 0 Å². The van der Waals surface area contributed by atoms with E-state index in [1.54, 1.807) is 0 Å². The standard InChI is InChI=1S/C7H11N3OS/c1-4-5(2)12-7(10-4)9-3-6(8)11/h3H2,1-2H3,(H2,8,11)(H,9,10). The molecule has 0 aromatic carbocycles. The first-order valence-electron chi connectivity index (χ1n) is 3.56. The highest BCUT2D eigenvalue weighted by Crippen LogP contribution is 2.20. The Labute approximate surface area is 74.8 Å². The van der Waals surface area contributed by atoms with Crippen molar-refractivity contribution in [3.8, 4) is 0 Å². The number of nitrogens with one attached hydrogen (secondary N) is 1. The highest BCUT2D eigenvalue weighted by atomic mass is 32.1. The normalized spacial score (nSPS) is 9.83. The molecule has 4 nitrogen and oxygen atoms in total. The lowest BCUT2D eigenvalue weighted by Gasteiger charge is -1.95. The summed E-state index contributed by atoms with van der Waals surface area (Å²) in [5, 5.41) is 3.59. The van der Waals surface area contributed by atoms with Crippen molar-refractivity contribution in [2.75, 3.05) is 11.9 Å². The zero-order valence-corrected chi connectivity index (χ0v) is 7.86. The van der Waals surface area contributed by atoms with E-state index in [9.17, 15) is 4.79 Å². The molecule has 66 valence electrons. The molecule has 12 heavy (non-hydrogen) atoms. The minimum Gasteiger partial charge on any atom is -0.368 e. The van der Waals surface area contributed by atoms with Gasteiger partial charge in [0.15, 0.2) is 5.13 Å². The van der Waals surface area contributed by atoms with Gasteiger partial charge in [-0.3, -0.25) is 4.79 Å². The van der Waals surface area contributed by atoms with Crippen LogP contribution in [0.4, 0.5) is 5.13 Å². The molecule has 0 aliphatic heterocycles. The zero-order valence-electron chi connectivity index (χ0n) is 7.05. The van der Waals surface area contributed by atoms with Gasteiger partial charge < -0.3 is 11.1 Å². The topological polar surface area (TPSA) is 68.0 Å². The molecule has 1 amide bonds. The zero-order chi connectivity index (χ0) is 9.14. The van der Waals surface area contributed by atoms with E-state index in [-0.39, 0.29) is 12.5 Å². The number of primary amides is 1. The van der Waals surface area contributed by atoms with Crippen LogP contribution in [0.3, 0.4) is 0 Å². The summed E-state index contributed by atoms with van der Waals surface area (Å²) in [6, 6.07) is 0. The van der Waals surface area contributed by atoms with E-state index in [2.05, 4.69) is 10.3 Å². The second-order valence-electron chi connectivity index (χ2n) is 2.48. The van der Waals surface area contributed by atoms with Gasteiger partial charge in [0.2, 0.25) is 5.91 Å². The van der Waals surface area contributed by atoms with Gasteiger partial charge in [0.1, 0.15) is 0 Å². The molecule has 5 heteroatoms. The minimum absolute atomic E-state index is 0.145. The maximum Gasteiger partial charge on any atom is 0.236 e. The van der Waals surface area contributed by atoms with Gasteiger partial charge in [0.25, 0.3) is 0 Å².